The lowest BCUT2D eigenvalue weighted by Crippen LogP contribution is -2.29. The van der Waals surface area contributed by atoms with Gasteiger partial charge in [-0.25, -0.2) is 0 Å². The van der Waals surface area contributed by atoms with Crippen molar-refractivity contribution in [1.82, 2.24) is 4.90 Å². The smallest absolute Gasteiger partial charge is 0.225 e. The molecular formula is C24H23N3OS. The van der Waals surface area contributed by atoms with E-state index in [4.69, 9.17) is 5.26 Å². The summed E-state index contributed by atoms with van der Waals surface area (Å²) in [5.74, 6) is 0.0225. The number of hydrogen-bond donors (Lipinski definition) is 1. The summed E-state index contributed by atoms with van der Waals surface area (Å²) in [7, 11) is 0. The number of thiocyanates is 1. The Bertz CT molecular complexity index is 1030. The van der Waals surface area contributed by atoms with Crippen molar-refractivity contribution in [3.05, 3.63) is 72.3 Å². The Morgan fingerprint density at radius 1 is 1.07 bits per heavy atom. The molecule has 0 unspecified atom stereocenters. The predicted molar refractivity (Wildman–Crippen MR) is 119 cm³/mol. The monoisotopic (exact) mass is 401 g/mol. The quantitative estimate of drug-likeness (QED) is 0.405. The molecule has 0 saturated heterocycles. The number of hydrogen-bond acceptors (Lipinski definition) is 4. The van der Waals surface area contributed by atoms with Crippen LogP contribution in [0.1, 0.15) is 24.8 Å². The van der Waals surface area contributed by atoms with Crippen LogP contribution in [0.5, 0.6) is 0 Å². The first-order chi connectivity index (χ1) is 14.2. The summed E-state index contributed by atoms with van der Waals surface area (Å²) >= 11 is 1.11. The fraction of sp³-hybridized carbons (Fsp3) is 0.250. The van der Waals surface area contributed by atoms with Gasteiger partial charge in [0, 0.05) is 36.1 Å². The maximum Gasteiger partial charge on any atom is 0.225 e. The standard InChI is InChI=1S/C24H23N3OS/c25-17-29-22-12-8-20(9-13-22)26-24(28)14-15-27(21-10-11-21)16-19-6-3-5-18-4-1-2-7-23(18)19/h1-9,12-13,21H,10-11,14-16H2,(H,26,28). The highest BCUT2D eigenvalue weighted by Gasteiger charge is 2.29. The molecule has 0 heterocycles. The molecule has 146 valence electrons. The summed E-state index contributed by atoms with van der Waals surface area (Å²) in [5.41, 5.74) is 2.09. The third kappa shape index (κ3) is 5.17. The molecule has 1 aliphatic carbocycles. The van der Waals surface area contributed by atoms with Crippen molar-refractivity contribution in [3.63, 3.8) is 0 Å². The maximum atomic E-state index is 12.4. The summed E-state index contributed by atoms with van der Waals surface area (Å²) < 4.78 is 0. The zero-order valence-corrected chi connectivity index (χ0v) is 17.0. The minimum absolute atomic E-state index is 0.0225. The van der Waals surface area contributed by atoms with Gasteiger partial charge in [-0.1, -0.05) is 42.5 Å². The van der Waals surface area contributed by atoms with Crippen molar-refractivity contribution in [3.8, 4) is 5.40 Å². The van der Waals surface area contributed by atoms with Crippen LogP contribution in [-0.2, 0) is 11.3 Å². The molecule has 1 N–H and O–H groups in total. The Morgan fingerprint density at radius 3 is 2.59 bits per heavy atom. The van der Waals surface area contributed by atoms with E-state index < -0.39 is 0 Å². The Kier molecular flexibility index (Phi) is 6.14. The number of benzene rings is 3. The largest absolute Gasteiger partial charge is 0.326 e. The average Bonchev–Trinajstić information content (AvgIpc) is 3.58. The van der Waals surface area contributed by atoms with Crippen LogP contribution in [0.25, 0.3) is 10.8 Å². The topological polar surface area (TPSA) is 56.1 Å². The lowest BCUT2D eigenvalue weighted by atomic mass is 10.0. The van der Waals surface area contributed by atoms with Crippen LogP contribution in [0.4, 0.5) is 5.69 Å². The number of carbonyl (C=O) groups excluding carboxylic acids is 1. The second-order valence-corrected chi connectivity index (χ2v) is 8.21. The van der Waals surface area contributed by atoms with Crippen molar-refractivity contribution in [1.29, 1.82) is 5.26 Å². The minimum atomic E-state index is 0.0225. The Labute approximate surface area is 175 Å². The molecule has 1 amide bonds. The van der Waals surface area contributed by atoms with Gasteiger partial charge in [0.05, 0.1) is 0 Å². The first kappa shape index (κ1) is 19.5. The molecule has 29 heavy (non-hydrogen) atoms. The summed E-state index contributed by atoms with van der Waals surface area (Å²) in [5, 5.41) is 16.3. The number of fused-ring (bicyclic) bond motifs is 1. The molecule has 4 rings (SSSR count). The number of nitrogens with one attached hydrogen (secondary N) is 1. The molecule has 3 aromatic carbocycles. The van der Waals surface area contributed by atoms with Crippen LogP contribution < -0.4 is 5.32 Å². The molecule has 0 bridgehead atoms. The van der Waals surface area contributed by atoms with Crippen molar-refractivity contribution in [2.45, 2.75) is 36.7 Å². The van der Waals surface area contributed by atoms with E-state index in [1.807, 2.05) is 29.7 Å². The molecule has 0 atom stereocenters. The first-order valence-corrected chi connectivity index (χ1v) is 10.7. The number of nitrogens with zero attached hydrogens (tertiary/aromatic N) is 2. The van der Waals surface area contributed by atoms with Gasteiger partial charge in [0.25, 0.3) is 0 Å². The van der Waals surface area contributed by atoms with Crippen molar-refractivity contribution >= 4 is 34.1 Å². The van der Waals surface area contributed by atoms with E-state index >= 15 is 0 Å². The fourth-order valence-corrected chi connectivity index (χ4v) is 3.98. The molecule has 4 nitrogen and oxygen atoms in total. The van der Waals surface area contributed by atoms with E-state index in [-0.39, 0.29) is 5.91 Å². The lowest BCUT2D eigenvalue weighted by molar-refractivity contribution is -0.116. The number of carbonyl (C=O) groups is 1. The van der Waals surface area contributed by atoms with Gasteiger partial charge in [0.2, 0.25) is 5.91 Å². The Balaban J connectivity index is 1.36. The molecule has 1 fully saturated rings. The van der Waals surface area contributed by atoms with Crippen molar-refractivity contribution < 1.29 is 4.79 Å². The zero-order valence-electron chi connectivity index (χ0n) is 16.2. The van der Waals surface area contributed by atoms with Gasteiger partial charge in [0.15, 0.2) is 0 Å². The van der Waals surface area contributed by atoms with E-state index in [0.717, 1.165) is 35.4 Å². The summed E-state index contributed by atoms with van der Waals surface area (Å²) in [6.45, 7) is 1.63. The van der Waals surface area contributed by atoms with Gasteiger partial charge < -0.3 is 5.32 Å². The molecule has 1 aliphatic rings. The third-order valence-electron chi connectivity index (χ3n) is 5.24. The number of nitriles is 1. The van der Waals surface area contributed by atoms with Crippen molar-refractivity contribution in [2.24, 2.45) is 0 Å². The number of thioether (sulfide) groups is 1. The SMILES string of the molecule is N#CSc1ccc(NC(=O)CCN(Cc2cccc3ccccc23)C2CC2)cc1. The Hall–Kier alpha value is -2.81. The fourth-order valence-electron chi connectivity index (χ4n) is 3.61. The second-order valence-electron chi connectivity index (χ2n) is 7.36. The second kappa shape index (κ2) is 9.13. The highest BCUT2D eigenvalue weighted by atomic mass is 32.2. The highest BCUT2D eigenvalue weighted by Crippen LogP contribution is 2.30. The van der Waals surface area contributed by atoms with Crippen LogP contribution >= 0.6 is 11.8 Å². The van der Waals surface area contributed by atoms with Gasteiger partial charge in [-0.05, 0) is 65.2 Å². The number of anilines is 1. The van der Waals surface area contributed by atoms with Gasteiger partial charge in [-0.15, -0.1) is 0 Å². The van der Waals surface area contributed by atoms with Gasteiger partial charge in [-0.3, -0.25) is 9.69 Å². The zero-order chi connectivity index (χ0) is 20.1. The molecule has 1 saturated carbocycles. The van der Waals surface area contributed by atoms with Crippen LogP contribution in [0, 0.1) is 10.7 Å². The van der Waals surface area contributed by atoms with Gasteiger partial charge in [0.1, 0.15) is 5.40 Å². The number of amides is 1. The summed E-state index contributed by atoms with van der Waals surface area (Å²) in [6, 6.07) is 22.9. The van der Waals surface area contributed by atoms with E-state index in [0.29, 0.717) is 12.5 Å². The molecule has 0 radical (unpaired) electrons. The molecule has 5 heteroatoms. The predicted octanol–water partition coefficient (Wildman–Crippen LogP) is 5.41. The highest BCUT2D eigenvalue weighted by molar-refractivity contribution is 8.03. The van der Waals surface area contributed by atoms with Gasteiger partial charge in [-0.2, -0.15) is 5.26 Å². The van der Waals surface area contributed by atoms with Crippen molar-refractivity contribution in [2.75, 3.05) is 11.9 Å². The molecule has 3 aromatic rings. The van der Waals surface area contributed by atoms with Crippen LogP contribution in [0.15, 0.2) is 71.6 Å². The molecular weight excluding hydrogens is 378 g/mol. The van der Waals surface area contributed by atoms with E-state index in [1.165, 1.54) is 29.2 Å². The van der Waals surface area contributed by atoms with E-state index in [2.05, 4.69) is 52.7 Å². The first-order valence-electron chi connectivity index (χ1n) is 9.89. The van der Waals surface area contributed by atoms with E-state index in [1.54, 1.807) is 0 Å². The summed E-state index contributed by atoms with van der Waals surface area (Å²) in [6.07, 6.45) is 2.89. The molecule has 0 aliphatic heterocycles. The number of rotatable bonds is 8. The Morgan fingerprint density at radius 2 is 1.83 bits per heavy atom. The maximum absolute atomic E-state index is 12.4. The normalized spacial score (nSPS) is 13.4. The lowest BCUT2D eigenvalue weighted by Gasteiger charge is -2.22. The van der Waals surface area contributed by atoms with E-state index in [9.17, 15) is 4.79 Å². The van der Waals surface area contributed by atoms with Crippen LogP contribution in [0.3, 0.4) is 0 Å². The third-order valence-corrected chi connectivity index (χ3v) is 5.84. The minimum Gasteiger partial charge on any atom is -0.326 e. The van der Waals surface area contributed by atoms with Gasteiger partial charge >= 0.3 is 0 Å². The van der Waals surface area contributed by atoms with Crippen LogP contribution in [-0.4, -0.2) is 23.4 Å². The average molecular weight is 402 g/mol. The molecule has 0 aromatic heterocycles. The molecule has 0 spiro atoms. The van der Waals surface area contributed by atoms with Crippen LogP contribution in [0.2, 0.25) is 0 Å². The summed E-state index contributed by atoms with van der Waals surface area (Å²) in [4.78, 5) is 15.8.